The van der Waals surface area contributed by atoms with Crippen molar-refractivity contribution in [1.29, 1.82) is 0 Å². The zero-order valence-electron chi connectivity index (χ0n) is 18.5. The molecule has 0 atom stereocenters. The van der Waals surface area contributed by atoms with Gasteiger partial charge in [0.2, 0.25) is 0 Å². The molecule has 3 aromatic rings. The van der Waals surface area contributed by atoms with Gasteiger partial charge in [0.25, 0.3) is 5.56 Å². The van der Waals surface area contributed by atoms with Crippen LogP contribution in [-0.2, 0) is 16.8 Å². The highest BCUT2D eigenvalue weighted by molar-refractivity contribution is 5.73. The summed E-state index contributed by atoms with van der Waals surface area (Å²) in [5.41, 5.74) is 2.87. The van der Waals surface area contributed by atoms with Crippen LogP contribution in [0.2, 0.25) is 0 Å². The van der Waals surface area contributed by atoms with E-state index in [-0.39, 0.29) is 17.0 Å². The largest absolute Gasteiger partial charge is 0.379 e. The van der Waals surface area contributed by atoms with E-state index in [0.717, 1.165) is 51.8 Å². The molecule has 1 aromatic carbocycles. The molecule has 164 valence electrons. The van der Waals surface area contributed by atoms with Gasteiger partial charge in [-0.05, 0) is 38.5 Å². The van der Waals surface area contributed by atoms with Gasteiger partial charge in [-0.2, -0.15) is 5.10 Å². The van der Waals surface area contributed by atoms with Crippen molar-refractivity contribution in [1.82, 2.24) is 24.6 Å². The van der Waals surface area contributed by atoms with Crippen molar-refractivity contribution in [2.75, 3.05) is 44.3 Å². The van der Waals surface area contributed by atoms with Gasteiger partial charge in [0.1, 0.15) is 11.2 Å². The second-order valence-electron chi connectivity index (χ2n) is 9.57. The molecule has 0 amide bonds. The average molecular weight is 423 g/mol. The van der Waals surface area contributed by atoms with Crippen molar-refractivity contribution in [2.24, 2.45) is 0 Å². The Balaban J connectivity index is 1.27. The van der Waals surface area contributed by atoms with Crippen molar-refractivity contribution < 1.29 is 4.74 Å². The van der Waals surface area contributed by atoms with Gasteiger partial charge in [-0.25, -0.2) is 9.67 Å². The number of benzene rings is 1. The first-order chi connectivity index (χ1) is 14.9. The lowest BCUT2D eigenvalue weighted by Gasteiger charge is -2.40. The molecular formula is C23H30N6O2. The van der Waals surface area contributed by atoms with E-state index in [2.05, 4.69) is 64.9 Å². The third-order valence-electron chi connectivity index (χ3n) is 6.17. The Bertz CT molecular complexity index is 1120. The fourth-order valence-corrected chi connectivity index (χ4v) is 4.31. The maximum absolute atomic E-state index is 12.6. The fourth-order valence-electron chi connectivity index (χ4n) is 4.31. The number of morpholine rings is 1. The first kappa shape index (κ1) is 20.2. The molecule has 0 bridgehead atoms. The van der Waals surface area contributed by atoms with Gasteiger partial charge in [0.15, 0.2) is 5.65 Å². The van der Waals surface area contributed by atoms with Gasteiger partial charge in [-0.15, -0.1) is 0 Å². The number of anilines is 1. The Morgan fingerprint density at radius 2 is 1.84 bits per heavy atom. The van der Waals surface area contributed by atoms with Crippen molar-refractivity contribution >= 4 is 16.7 Å². The molecule has 0 radical (unpaired) electrons. The summed E-state index contributed by atoms with van der Waals surface area (Å²) in [4.78, 5) is 25.1. The van der Waals surface area contributed by atoms with Crippen LogP contribution in [0.25, 0.3) is 11.0 Å². The third kappa shape index (κ3) is 3.97. The van der Waals surface area contributed by atoms with E-state index in [1.165, 1.54) is 11.3 Å². The van der Waals surface area contributed by atoms with Gasteiger partial charge in [0, 0.05) is 38.4 Å². The number of H-pyrrole nitrogens is 1. The Hall–Kier alpha value is -2.71. The number of fused-ring (bicyclic) bond motifs is 1. The van der Waals surface area contributed by atoms with Crippen LogP contribution in [0, 0.1) is 0 Å². The summed E-state index contributed by atoms with van der Waals surface area (Å²) in [5.74, 6) is 0.970. The Labute approximate surface area is 181 Å². The van der Waals surface area contributed by atoms with Crippen LogP contribution < -0.4 is 10.5 Å². The molecule has 31 heavy (non-hydrogen) atoms. The molecule has 2 fully saturated rings. The monoisotopic (exact) mass is 422 g/mol. The highest BCUT2D eigenvalue weighted by atomic mass is 16.5. The molecule has 2 aliphatic rings. The summed E-state index contributed by atoms with van der Waals surface area (Å²) >= 11 is 0. The van der Waals surface area contributed by atoms with Crippen molar-refractivity contribution in [3.05, 3.63) is 52.2 Å². The van der Waals surface area contributed by atoms with Crippen LogP contribution in [0.3, 0.4) is 0 Å². The van der Waals surface area contributed by atoms with Crippen LogP contribution in [-0.4, -0.2) is 64.0 Å². The zero-order valence-corrected chi connectivity index (χ0v) is 18.5. The summed E-state index contributed by atoms with van der Waals surface area (Å²) in [6.45, 7) is 12.5. The van der Waals surface area contributed by atoms with Crippen LogP contribution in [0.15, 0.2) is 35.3 Å². The number of hydrogen-bond acceptors (Lipinski definition) is 6. The van der Waals surface area contributed by atoms with Crippen molar-refractivity contribution in [2.45, 2.75) is 38.8 Å². The molecular weight excluding hydrogens is 392 g/mol. The molecule has 1 N–H and O–H groups in total. The molecule has 4 heterocycles. The topological polar surface area (TPSA) is 79.3 Å². The van der Waals surface area contributed by atoms with E-state index in [0.29, 0.717) is 11.0 Å². The van der Waals surface area contributed by atoms with E-state index in [9.17, 15) is 4.79 Å². The standard InChI is InChI=1S/C23H30N6O2/c1-23(2,3)29-21-19(12-24-29)22(30)26-20(25-21)17-14-28(15-17)18-6-4-16(5-7-18)13-27-8-10-31-11-9-27/h4-7,12,17H,8-11,13-15H2,1-3H3,(H,25,26,30). The lowest BCUT2D eigenvalue weighted by atomic mass is 9.97. The number of nitrogens with zero attached hydrogens (tertiary/aromatic N) is 5. The Kier molecular flexibility index (Phi) is 5.06. The lowest BCUT2D eigenvalue weighted by molar-refractivity contribution is 0.0342. The number of aromatic amines is 1. The molecule has 0 aliphatic carbocycles. The van der Waals surface area contributed by atoms with Crippen LogP contribution >= 0.6 is 0 Å². The molecule has 0 saturated carbocycles. The summed E-state index contributed by atoms with van der Waals surface area (Å²) in [7, 11) is 0. The second kappa shape index (κ2) is 7.76. The molecule has 2 aliphatic heterocycles. The van der Waals surface area contributed by atoms with E-state index in [1.54, 1.807) is 6.20 Å². The van der Waals surface area contributed by atoms with Gasteiger partial charge < -0.3 is 14.6 Å². The predicted octanol–water partition coefficient (Wildman–Crippen LogP) is 2.31. The summed E-state index contributed by atoms with van der Waals surface area (Å²) < 4.78 is 7.26. The van der Waals surface area contributed by atoms with E-state index in [4.69, 9.17) is 9.72 Å². The lowest BCUT2D eigenvalue weighted by Crippen LogP contribution is -2.46. The minimum Gasteiger partial charge on any atom is -0.379 e. The molecule has 5 rings (SSSR count). The quantitative estimate of drug-likeness (QED) is 0.695. The highest BCUT2D eigenvalue weighted by Gasteiger charge is 2.31. The third-order valence-corrected chi connectivity index (χ3v) is 6.17. The summed E-state index contributed by atoms with van der Waals surface area (Å²) in [6.07, 6.45) is 1.61. The first-order valence-electron chi connectivity index (χ1n) is 11.0. The number of aromatic nitrogens is 4. The fraction of sp³-hybridized carbons (Fsp3) is 0.522. The highest BCUT2D eigenvalue weighted by Crippen LogP contribution is 2.30. The molecule has 8 heteroatoms. The van der Waals surface area contributed by atoms with Crippen LogP contribution in [0.1, 0.15) is 38.1 Å². The minimum absolute atomic E-state index is 0.110. The summed E-state index contributed by atoms with van der Waals surface area (Å²) in [5, 5.41) is 4.94. The van der Waals surface area contributed by atoms with Crippen LogP contribution in [0.4, 0.5) is 5.69 Å². The second-order valence-corrected chi connectivity index (χ2v) is 9.57. The maximum atomic E-state index is 12.6. The minimum atomic E-state index is -0.228. The Morgan fingerprint density at radius 1 is 1.13 bits per heavy atom. The maximum Gasteiger partial charge on any atom is 0.262 e. The number of ether oxygens (including phenoxy) is 1. The number of rotatable bonds is 4. The Morgan fingerprint density at radius 3 is 2.52 bits per heavy atom. The van der Waals surface area contributed by atoms with Crippen molar-refractivity contribution in [3.8, 4) is 0 Å². The van der Waals surface area contributed by atoms with Gasteiger partial charge >= 0.3 is 0 Å². The van der Waals surface area contributed by atoms with Gasteiger partial charge in [0.05, 0.1) is 30.9 Å². The first-order valence-corrected chi connectivity index (χ1v) is 11.0. The van der Waals surface area contributed by atoms with E-state index >= 15 is 0 Å². The normalized spacial score (nSPS) is 18.5. The summed E-state index contributed by atoms with van der Waals surface area (Å²) in [6, 6.07) is 8.82. The molecule has 0 unspecified atom stereocenters. The van der Waals surface area contributed by atoms with Gasteiger partial charge in [-0.1, -0.05) is 12.1 Å². The molecule has 2 aromatic heterocycles. The average Bonchev–Trinajstić information content (AvgIpc) is 3.14. The zero-order chi connectivity index (χ0) is 21.6. The van der Waals surface area contributed by atoms with Gasteiger partial charge in [-0.3, -0.25) is 9.69 Å². The van der Waals surface area contributed by atoms with E-state index in [1.807, 2.05) is 4.68 Å². The molecule has 2 saturated heterocycles. The predicted molar refractivity (Wildman–Crippen MR) is 121 cm³/mol. The SMILES string of the molecule is CC(C)(C)n1ncc2c(=O)[nH]c(C3CN(c4ccc(CN5CCOCC5)cc4)C3)nc21. The number of nitrogens with one attached hydrogen (secondary N) is 1. The van der Waals surface area contributed by atoms with Crippen molar-refractivity contribution in [3.63, 3.8) is 0 Å². The molecule has 8 nitrogen and oxygen atoms in total. The number of hydrogen-bond donors (Lipinski definition) is 1. The molecule has 0 spiro atoms. The van der Waals surface area contributed by atoms with E-state index < -0.39 is 0 Å². The van der Waals surface area contributed by atoms with Crippen LogP contribution in [0.5, 0.6) is 0 Å². The smallest absolute Gasteiger partial charge is 0.262 e.